The van der Waals surface area contributed by atoms with Gasteiger partial charge in [0.15, 0.2) is 11.4 Å². The number of hydrogen-bond donors (Lipinski definition) is 1. The van der Waals surface area contributed by atoms with E-state index in [0.717, 1.165) is 50.5 Å². The number of Topliss-reactive ketones (excluding diaryl/α,β-unsaturated/α-hetero) is 1. The van der Waals surface area contributed by atoms with Crippen LogP contribution in [0.2, 0.25) is 0 Å². The van der Waals surface area contributed by atoms with E-state index in [2.05, 4.69) is 15.2 Å². The number of aromatic nitrogens is 1. The SMILES string of the molecule is CC(=O)c1cccc(COc2ccc3nc(NCCN4CCOCC4)oc3c2)c1. The van der Waals surface area contributed by atoms with E-state index in [1.165, 1.54) is 0 Å². The van der Waals surface area contributed by atoms with Crippen LogP contribution in [0.1, 0.15) is 22.8 Å². The molecular weight excluding hydrogens is 370 g/mol. The Balaban J connectivity index is 1.34. The maximum Gasteiger partial charge on any atom is 0.295 e. The van der Waals surface area contributed by atoms with Crippen molar-refractivity contribution in [2.45, 2.75) is 13.5 Å². The molecule has 2 heterocycles. The number of carbonyl (C=O) groups is 1. The van der Waals surface area contributed by atoms with Crippen LogP contribution >= 0.6 is 0 Å². The third kappa shape index (κ3) is 5.13. The fraction of sp³-hybridized carbons (Fsp3) is 0.364. The number of oxazole rings is 1. The van der Waals surface area contributed by atoms with Crippen LogP contribution in [-0.2, 0) is 11.3 Å². The number of nitrogens with zero attached hydrogens (tertiary/aromatic N) is 2. The van der Waals surface area contributed by atoms with Crippen molar-refractivity contribution in [1.29, 1.82) is 0 Å². The van der Waals surface area contributed by atoms with E-state index in [0.29, 0.717) is 29.5 Å². The highest BCUT2D eigenvalue weighted by Gasteiger charge is 2.11. The van der Waals surface area contributed by atoms with Crippen LogP contribution in [0.5, 0.6) is 5.75 Å². The number of benzene rings is 2. The Bertz CT molecular complexity index is 979. The highest BCUT2D eigenvalue weighted by atomic mass is 16.5. The lowest BCUT2D eigenvalue weighted by atomic mass is 10.1. The third-order valence-electron chi connectivity index (χ3n) is 4.91. The van der Waals surface area contributed by atoms with Crippen molar-refractivity contribution >= 4 is 22.9 Å². The van der Waals surface area contributed by atoms with Gasteiger partial charge in [0.05, 0.1) is 13.2 Å². The highest BCUT2D eigenvalue weighted by molar-refractivity contribution is 5.94. The first-order valence-corrected chi connectivity index (χ1v) is 9.84. The summed E-state index contributed by atoms with van der Waals surface area (Å²) in [4.78, 5) is 18.3. The van der Waals surface area contributed by atoms with E-state index in [-0.39, 0.29) is 5.78 Å². The maximum atomic E-state index is 11.5. The monoisotopic (exact) mass is 395 g/mol. The number of fused-ring (bicyclic) bond motifs is 1. The van der Waals surface area contributed by atoms with Crippen LogP contribution in [0.4, 0.5) is 6.01 Å². The second-order valence-electron chi connectivity index (χ2n) is 7.07. The van der Waals surface area contributed by atoms with Gasteiger partial charge in [-0.05, 0) is 30.7 Å². The Morgan fingerprint density at radius 3 is 2.90 bits per heavy atom. The second kappa shape index (κ2) is 9.07. The molecule has 7 nitrogen and oxygen atoms in total. The van der Waals surface area contributed by atoms with Crippen LogP contribution < -0.4 is 10.1 Å². The van der Waals surface area contributed by atoms with Crippen molar-refractivity contribution in [1.82, 2.24) is 9.88 Å². The van der Waals surface area contributed by atoms with Gasteiger partial charge >= 0.3 is 0 Å². The van der Waals surface area contributed by atoms with Crippen molar-refractivity contribution in [2.24, 2.45) is 0 Å². The average Bonchev–Trinajstić information content (AvgIpc) is 3.15. The summed E-state index contributed by atoms with van der Waals surface area (Å²) in [6, 6.07) is 13.6. The molecule has 0 spiro atoms. The number of rotatable bonds is 8. The number of hydrogen-bond acceptors (Lipinski definition) is 7. The van der Waals surface area contributed by atoms with Crippen molar-refractivity contribution in [2.75, 3.05) is 44.7 Å². The molecule has 0 radical (unpaired) electrons. The summed E-state index contributed by atoms with van der Waals surface area (Å²) >= 11 is 0. The molecule has 2 aromatic carbocycles. The lowest BCUT2D eigenvalue weighted by Gasteiger charge is -2.26. The molecule has 0 bridgehead atoms. The first-order chi connectivity index (χ1) is 14.2. The Kier molecular flexibility index (Phi) is 6.07. The number of anilines is 1. The van der Waals surface area contributed by atoms with Crippen molar-refractivity contribution in [3.8, 4) is 5.75 Å². The topological polar surface area (TPSA) is 76.8 Å². The lowest BCUT2D eigenvalue weighted by Crippen LogP contribution is -2.39. The van der Waals surface area contributed by atoms with Gasteiger partial charge in [-0.15, -0.1) is 0 Å². The van der Waals surface area contributed by atoms with E-state index in [9.17, 15) is 4.79 Å². The quantitative estimate of drug-likeness (QED) is 0.586. The molecule has 1 aliphatic rings. The molecule has 0 unspecified atom stereocenters. The normalized spacial score (nSPS) is 14.8. The van der Waals surface area contributed by atoms with E-state index >= 15 is 0 Å². The Morgan fingerprint density at radius 1 is 1.21 bits per heavy atom. The average molecular weight is 395 g/mol. The van der Waals surface area contributed by atoms with Crippen molar-refractivity contribution < 1.29 is 18.7 Å². The molecule has 7 heteroatoms. The van der Waals surface area contributed by atoms with Crippen LogP contribution in [-0.4, -0.2) is 55.1 Å². The molecule has 4 rings (SSSR count). The zero-order valence-electron chi connectivity index (χ0n) is 16.5. The number of ether oxygens (including phenoxy) is 2. The van der Waals surface area contributed by atoms with Crippen molar-refractivity contribution in [3.05, 3.63) is 53.6 Å². The van der Waals surface area contributed by atoms with Gasteiger partial charge in [-0.1, -0.05) is 18.2 Å². The van der Waals surface area contributed by atoms with Gasteiger partial charge in [-0.2, -0.15) is 4.98 Å². The number of ketones is 1. The van der Waals surface area contributed by atoms with Gasteiger partial charge in [-0.3, -0.25) is 9.69 Å². The molecule has 0 aliphatic carbocycles. The summed E-state index contributed by atoms with van der Waals surface area (Å²) in [5.74, 6) is 0.741. The molecule has 0 saturated carbocycles. The number of morpholine rings is 1. The maximum absolute atomic E-state index is 11.5. The summed E-state index contributed by atoms with van der Waals surface area (Å²) in [5.41, 5.74) is 3.09. The molecule has 1 N–H and O–H groups in total. The minimum Gasteiger partial charge on any atom is -0.489 e. The van der Waals surface area contributed by atoms with E-state index in [4.69, 9.17) is 13.9 Å². The minimum absolute atomic E-state index is 0.0450. The van der Waals surface area contributed by atoms with Crippen LogP contribution in [0.25, 0.3) is 11.1 Å². The summed E-state index contributed by atoms with van der Waals surface area (Å²) in [6.45, 7) is 7.15. The van der Waals surface area contributed by atoms with Gasteiger partial charge in [0.25, 0.3) is 6.01 Å². The van der Waals surface area contributed by atoms with E-state index in [1.807, 2.05) is 36.4 Å². The smallest absolute Gasteiger partial charge is 0.295 e. The fourth-order valence-electron chi connectivity index (χ4n) is 3.26. The van der Waals surface area contributed by atoms with E-state index < -0.39 is 0 Å². The zero-order chi connectivity index (χ0) is 20.1. The molecule has 0 amide bonds. The largest absolute Gasteiger partial charge is 0.489 e. The Hall–Kier alpha value is -2.90. The van der Waals surface area contributed by atoms with Gasteiger partial charge in [0, 0.05) is 37.8 Å². The number of nitrogens with one attached hydrogen (secondary N) is 1. The van der Waals surface area contributed by atoms with Crippen molar-refractivity contribution in [3.63, 3.8) is 0 Å². The first kappa shape index (κ1) is 19.4. The molecule has 1 saturated heterocycles. The lowest BCUT2D eigenvalue weighted by molar-refractivity contribution is 0.0398. The van der Waals surface area contributed by atoms with E-state index in [1.54, 1.807) is 13.0 Å². The predicted octanol–water partition coefficient (Wildman–Crippen LogP) is 3.35. The standard InChI is InChI=1S/C22H25N3O4/c1-16(26)18-4-2-3-17(13-18)15-28-19-5-6-20-21(14-19)29-22(24-20)23-7-8-25-9-11-27-12-10-25/h2-6,13-14H,7-12,15H2,1H3,(H,23,24). The molecule has 3 aromatic rings. The highest BCUT2D eigenvalue weighted by Crippen LogP contribution is 2.24. The molecule has 29 heavy (non-hydrogen) atoms. The van der Waals surface area contributed by atoms with Crippen LogP contribution in [0.3, 0.4) is 0 Å². The Morgan fingerprint density at radius 2 is 2.07 bits per heavy atom. The minimum atomic E-state index is 0.0450. The second-order valence-corrected chi connectivity index (χ2v) is 7.07. The molecule has 1 aliphatic heterocycles. The summed E-state index contributed by atoms with van der Waals surface area (Å²) in [5, 5.41) is 3.24. The number of carbonyl (C=O) groups excluding carboxylic acids is 1. The molecular formula is C22H25N3O4. The molecule has 1 aromatic heterocycles. The third-order valence-corrected chi connectivity index (χ3v) is 4.91. The molecule has 0 atom stereocenters. The fourth-order valence-corrected chi connectivity index (χ4v) is 3.26. The summed E-state index contributed by atoms with van der Waals surface area (Å²) in [7, 11) is 0. The van der Waals surface area contributed by atoms with Gasteiger partial charge in [0.2, 0.25) is 0 Å². The summed E-state index contributed by atoms with van der Waals surface area (Å²) in [6.07, 6.45) is 0. The zero-order valence-corrected chi connectivity index (χ0v) is 16.5. The van der Waals surface area contributed by atoms with Gasteiger partial charge in [0.1, 0.15) is 17.9 Å². The molecule has 152 valence electrons. The first-order valence-electron chi connectivity index (χ1n) is 9.84. The van der Waals surface area contributed by atoms with Crippen LogP contribution in [0, 0.1) is 0 Å². The Labute approximate surface area is 169 Å². The van der Waals surface area contributed by atoms with Gasteiger partial charge < -0.3 is 19.2 Å². The predicted molar refractivity (Wildman–Crippen MR) is 111 cm³/mol. The van der Waals surface area contributed by atoms with Crippen LogP contribution in [0.15, 0.2) is 46.9 Å². The molecule has 1 fully saturated rings. The summed E-state index contributed by atoms with van der Waals surface area (Å²) < 4.78 is 17.0. The van der Waals surface area contributed by atoms with Gasteiger partial charge in [-0.25, -0.2) is 0 Å².